The molecule has 3 aromatic rings. The van der Waals surface area contributed by atoms with Crippen LogP contribution in [0.1, 0.15) is 5.69 Å². The molecule has 0 spiro atoms. The van der Waals surface area contributed by atoms with Crippen LogP contribution in [0.15, 0.2) is 35.2 Å². The van der Waals surface area contributed by atoms with Crippen molar-refractivity contribution in [3.8, 4) is 11.5 Å². The van der Waals surface area contributed by atoms with Gasteiger partial charge in [0.15, 0.2) is 22.9 Å². The van der Waals surface area contributed by atoms with E-state index in [1.54, 1.807) is 28.9 Å². The highest BCUT2D eigenvalue weighted by Crippen LogP contribution is 2.24. The molecule has 7 nitrogen and oxygen atoms in total. The van der Waals surface area contributed by atoms with Gasteiger partial charge >= 0.3 is 0 Å². The summed E-state index contributed by atoms with van der Waals surface area (Å²) in [6, 6.07) is 3.48. The van der Waals surface area contributed by atoms with E-state index >= 15 is 0 Å². The van der Waals surface area contributed by atoms with Crippen molar-refractivity contribution in [3.05, 3.63) is 36.5 Å². The largest absolute Gasteiger partial charge is 0.463 e. The van der Waals surface area contributed by atoms with Crippen molar-refractivity contribution in [2.75, 3.05) is 11.0 Å². The van der Waals surface area contributed by atoms with Crippen molar-refractivity contribution in [1.82, 2.24) is 14.4 Å². The number of imidazole rings is 1. The van der Waals surface area contributed by atoms with Crippen LogP contribution in [0.5, 0.6) is 0 Å². The van der Waals surface area contributed by atoms with E-state index in [2.05, 4.69) is 14.7 Å². The highest BCUT2D eigenvalue weighted by Gasteiger charge is 2.14. The van der Waals surface area contributed by atoms with Crippen LogP contribution in [-0.2, 0) is 10.0 Å². The molecule has 3 heterocycles. The Morgan fingerprint density at radius 2 is 2.10 bits per heavy atom. The number of hydrogen-bond acceptors (Lipinski definition) is 5. The fourth-order valence-electron chi connectivity index (χ4n) is 1.94. The Kier molecular flexibility index (Phi) is 2.75. The number of aromatic nitrogens is 3. The van der Waals surface area contributed by atoms with E-state index in [9.17, 15) is 8.42 Å². The van der Waals surface area contributed by atoms with Gasteiger partial charge in [-0.25, -0.2) is 18.4 Å². The Hall–Kier alpha value is -2.35. The summed E-state index contributed by atoms with van der Waals surface area (Å²) >= 11 is 0. The molecule has 0 atom stereocenters. The number of rotatable bonds is 3. The Balaban J connectivity index is 2.25. The number of hydrogen-bond donors (Lipinski definition) is 1. The molecule has 0 saturated carbocycles. The molecule has 3 rings (SSSR count). The molecule has 0 aliphatic carbocycles. The summed E-state index contributed by atoms with van der Waals surface area (Å²) in [4.78, 5) is 8.64. The average Bonchev–Trinajstić information content (AvgIpc) is 2.93. The van der Waals surface area contributed by atoms with E-state index in [1.165, 1.54) is 6.26 Å². The van der Waals surface area contributed by atoms with Crippen molar-refractivity contribution >= 4 is 21.5 Å². The van der Waals surface area contributed by atoms with Gasteiger partial charge in [-0.05, 0) is 19.1 Å². The van der Waals surface area contributed by atoms with E-state index in [0.29, 0.717) is 17.1 Å². The Morgan fingerprint density at radius 1 is 1.30 bits per heavy atom. The summed E-state index contributed by atoms with van der Waals surface area (Å²) < 4.78 is 32.1. The van der Waals surface area contributed by atoms with Gasteiger partial charge in [-0.1, -0.05) is 0 Å². The number of nitrogens with one attached hydrogen (secondary N) is 1. The quantitative estimate of drug-likeness (QED) is 0.793. The summed E-state index contributed by atoms with van der Waals surface area (Å²) in [6.45, 7) is 1.85. The zero-order chi connectivity index (χ0) is 14.3. The molecule has 0 radical (unpaired) electrons. The summed E-state index contributed by atoms with van der Waals surface area (Å²) in [6.07, 6.45) is 5.96. The van der Waals surface area contributed by atoms with E-state index in [0.717, 1.165) is 11.9 Å². The van der Waals surface area contributed by atoms with E-state index < -0.39 is 10.0 Å². The highest BCUT2D eigenvalue weighted by molar-refractivity contribution is 7.92. The lowest BCUT2D eigenvalue weighted by atomic mass is 10.3. The van der Waals surface area contributed by atoms with Crippen LogP contribution in [0.2, 0.25) is 0 Å². The first-order valence-corrected chi connectivity index (χ1v) is 7.69. The van der Waals surface area contributed by atoms with Gasteiger partial charge in [-0.15, -0.1) is 0 Å². The maximum atomic E-state index is 11.3. The first kappa shape index (κ1) is 12.7. The normalized spacial score (nSPS) is 11.9. The van der Waals surface area contributed by atoms with Crippen LogP contribution in [0, 0.1) is 6.92 Å². The molecule has 0 unspecified atom stereocenters. The standard InChI is InChI=1S/C12H12N4O3S/c1-8-6-16-7-10(15-20(2,17)18)14-11(12(16)13-8)9-4-3-5-19-9/h3-7,15H,1-2H3. The predicted octanol–water partition coefficient (Wildman–Crippen LogP) is 1.67. The van der Waals surface area contributed by atoms with Crippen molar-refractivity contribution in [2.24, 2.45) is 0 Å². The SMILES string of the molecule is Cc1cn2cc(NS(C)(=O)=O)nc(-c3ccco3)c2n1. The van der Waals surface area contributed by atoms with E-state index in [4.69, 9.17) is 4.42 Å². The zero-order valence-corrected chi connectivity index (χ0v) is 11.7. The molecule has 0 aliphatic rings. The molecule has 8 heteroatoms. The van der Waals surface area contributed by atoms with Gasteiger partial charge in [0.2, 0.25) is 10.0 Å². The van der Waals surface area contributed by atoms with Gasteiger partial charge in [0.1, 0.15) is 0 Å². The smallest absolute Gasteiger partial charge is 0.231 e. The van der Waals surface area contributed by atoms with Crippen LogP contribution < -0.4 is 4.72 Å². The van der Waals surface area contributed by atoms with Gasteiger partial charge in [-0.3, -0.25) is 4.72 Å². The van der Waals surface area contributed by atoms with Crippen molar-refractivity contribution in [2.45, 2.75) is 6.92 Å². The zero-order valence-electron chi connectivity index (χ0n) is 10.9. The molecule has 0 saturated heterocycles. The maximum Gasteiger partial charge on any atom is 0.231 e. The summed E-state index contributed by atoms with van der Waals surface area (Å²) in [5.74, 6) is 0.738. The summed E-state index contributed by atoms with van der Waals surface area (Å²) in [5.41, 5.74) is 1.89. The van der Waals surface area contributed by atoms with E-state index in [1.807, 2.05) is 6.92 Å². The highest BCUT2D eigenvalue weighted by atomic mass is 32.2. The molecule has 3 aromatic heterocycles. The maximum absolute atomic E-state index is 11.3. The minimum Gasteiger partial charge on any atom is -0.463 e. The lowest BCUT2D eigenvalue weighted by Gasteiger charge is -2.06. The molecule has 1 N–H and O–H groups in total. The van der Waals surface area contributed by atoms with Crippen molar-refractivity contribution < 1.29 is 12.8 Å². The first-order valence-electron chi connectivity index (χ1n) is 5.80. The van der Waals surface area contributed by atoms with Crippen LogP contribution >= 0.6 is 0 Å². The number of nitrogens with zero attached hydrogens (tertiary/aromatic N) is 3. The number of sulfonamides is 1. The summed E-state index contributed by atoms with van der Waals surface area (Å²) in [7, 11) is -3.40. The second kappa shape index (κ2) is 4.34. The van der Waals surface area contributed by atoms with Gasteiger partial charge in [0, 0.05) is 6.20 Å². The topological polar surface area (TPSA) is 89.5 Å². The Labute approximate surface area is 115 Å². The molecular formula is C12H12N4O3S. The number of aryl methyl sites for hydroxylation is 1. The number of fused-ring (bicyclic) bond motifs is 1. The summed E-state index contributed by atoms with van der Waals surface area (Å²) in [5, 5.41) is 0. The molecule has 20 heavy (non-hydrogen) atoms. The van der Waals surface area contributed by atoms with Crippen molar-refractivity contribution in [3.63, 3.8) is 0 Å². The van der Waals surface area contributed by atoms with Gasteiger partial charge < -0.3 is 8.82 Å². The van der Waals surface area contributed by atoms with Crippen LogP contribution in [0.25, 0.3) is 17.1 Å². The second-order valence-corrected chi connectivity index (χ2v) is 6.19. The Bertz CT molecular complexity index is 866. The van der Waals surface area contributed by atoms with Gasteiger partial charge in [0.25, 0.3) is 0 Å². The third-order valence-electron chi connectivity index (χ3n) is 2.60. The first-order chi connectivity index (χ1) is 9.42. The van der Waals surface area contributed by atoms with Crippen molar-refractivity contribution in [1.29, 1.82) is 0 Å². The molecule has 0 aliphatic heterocycles. The molecule has 0 aromatic carbocycles. The van der Waals surface area contributed by atoms with Crippen LogP contribution in [0.4, 0.5) is 5.82 Å². The minimum atomic E-state index is -3.40. The average molecular weight is 292 g/mol. The number of anilines is 1. The number of furan rings is 1. The van der Waals surface area contributed by atoms with E-state index in [-0.39, 0.29) is 5.82 Å². The minimum absolute atomic E-state index is 0.212. The molecule has 0 fully saturated rings. The van der Waals surface area contributed by atoms with Gasteiger partial charge in [-0.2, -0.15) is 0 Å². The fourth-order valence-corrected chi connectivity index (χ4v) is 2.42. The van der Waals surface area contributed by atoms with Crippen LogP contribution in [0.3, 0.4) is 0 Å². The third kappa shape index (κ3) is 2.37. The molecular weight excluding hydrogens is 280 g/mol. The Morgan fingerprint density at radius 3 is 2.75 bits per heavy atom. The lowest BCUT2D eigenvalue weighted by molar-refractivity contribution is 0.580. The fraction of sp³-hybridized carbons (Fsp3) is 0.167. The third-order valence-corrected chi connectivity index (χ3v) is 3.18. The molecule has 104 valence electrons. The van der Waals surface area contributed by atoms with Gasteiger partial charge in [0.05, 0.1) is 24.4 Å². The van der Waals surface area contributed by atoms with Crippen LogP contribution in [-0.4, -0.2) is 29.0 Å². The predicted molar refractivity (Wildman–Crippen MR) is 73.9 cm³/mol. The second-order valence-electron chi connectivity index (χ2n) is 4.44. The molecule has 0 amide bonds. The lowest BCUT2D eigenvalue weighted by Crippen LogP contribution is -2.12. The monoisotopic (exact) mass is 292 g/mol. The molecule has 0 bridgehead atoms.